The van der Waals surface area contributed by atoms with Gasteiger partial charge >= 0.3 is 0 Å². The van der Waals surface area contributed by atoms with Gasteiger partial charge in [-0.1, -0.05) is 12.2 Å². The lowest BCUT2D eigenvalue weighted by Gasteiger charge is -2.01. The maximum absolute atomic E-state index is 9.49. The van der Waals surface area contributed by atoms with Crippen molar-refractivity contribution in [1.29, 1.82) is 5.26 Å². The van der Waals surface area contributed by atoms with E-state index in [2.05, 4.69) is 15.3 Å². The number of pyridine rings is 1. The third kappa shape index (κ3) is 3.59. The summed E-state index contributed by atoms with van der Waals surface area (Å²) in [5.74, 6) is 0.779. The van der Waals surface area contributed by atoms with E-state index < -0.39 is 0 Å². The van der Waals surface area contributed by atoms with Crippen LogP contribution in [-0.2, 0) is 0 Å². The molecule has 0 aliphatic heterocycles. The van der Waals surface area contributed by atoms with Gasteiger partial charge in [0.05, 0.1) is 10.2 Å². The van der Waals surface area contributed by atoms with E-state index in [9.17, 15) is 5.11 Å². The van der Waals surface area contributed by atoms with Crippen LogP contribution >= 0.6 is 11.3 Å². The number of hydrogen-bond acceptors (Lipinski definition) is 6. The Hall–Kier alpha value is -3.17. The van der Waals surface area contributed by atoms with Crippen molar-refractivity contribution >= 4 is 39.0 Å². The molecule has 118 valence electrons. The highest BCUT2D eigenvalue weighted by Crippen LogP contribution is 2.26. The number of benzene rings is 1. The first-order valence-corrected chi connectivity index (χ1v) is 8.03. The molecule has 0 atom stereocenters. The van der Waals surface area contributed by atoms with E-state index in [1.807, 2.05) is 43.5 Å². The van der Waals surface area contributed by atoms with Gasteiger partial charge in [0.1, 0.15) is 16.6 Å². The summed E-state index contributed by atoms with van der Waals surface area (Å²) in [7, 11) is 0. The Bertz CT molecular complexity index is 965. The Morgan fingerprint density at radius 1 is 1.33 bits per heavy atom. The SMILES string of the molecule is C/C(=C\C=C\c1nc2ccc(O)cc2s1)c1ccc(NC#N)nc1. The van der Waals surface area contributed by atoms with Crippen LogP contribution in [0.5, 0.6) is 5.75 Å². The number of allylic oxidation sites excluding steroid dienone is 3. The van der Waals surface area contributed by atoms with Crippen molar-refractivity contribution in [2.45, 2.75) is 6.92 Å². The molecule has 3 aromatic rings. The minimum absolute atomic E-state index is 0.249. The van der Waals surface area contributed by atoms with Crippen molar-refractivity contribution in [3.05, 3.63) is 59.3 Å². The number of fused-ring (bicyclic) bond motifs is 1. The molecule has 0 bridgehead atoms. The molecule has 0 amide bonds. The number of phenolic OH excluding ortho intramolecular Hbond substituents is 1. The molecule has 0 saturated carbocycles. The molecule has 0 aliphatic rings. The monoisotopic (exact) mass is 334 g/mol. The van der Waals surface area contributed by atoms with Crippen LogP contribution in [0, 0.1) is 11.5 Å². The molecule has 24 heavy (non-hydrogen) atoms. The molecular weight excluding hydrogens is 320 g/mol. The van der Waals surface area contributed by atoms with Crippen LogP contribution < -0.4 is 5.32 Å². The number of nitriles is 1. The summed E-state index contributed by atoms with van der Waals surface area (Å²) in [6, 6.07) is 8.83. The van der Waals surface area contributed by atoms with Crippen LogP contribution in [0.4, 0.5) is 5.82 Å². The molecule has 6 heteroatoms. The highest BCUT2D eigenvalue weighted by molar-refractivity contribution is 7.19. The highest BCUT2D eigenvalue weighted by Gasteiger charge is 2.02. The van der Waals surface area contributed by atoms with E-state index in [0.717, 1.165) is 26.4 Å². The van der Waals surface area contributed by atoms with Crippen molar-refractivity contribution in [1.82, 2.24) is 9.97 Å². The molecule has 0 unspecified atom stereocenters. The number of rotatable bonds is 4. The lowest BCUT2D eigenvalue weighted by atomic mass is 10.1. The fraction of sp³-hybridized carbons (Fsp3) is 0.0556. The van der Waals surface area contributed by atoms with Crippen LogP contribution in [0.15, 0.2) is 48.7 Å². The van der Waals surface area contributed by atoms with Gasteiger partial charge in [-0.05, 0) is 54.5 Å². The van der Waals surface area contributed by atoms with Gasteiger partial charge < -0.3 is 5.11 Å². The molecule has 0 saturated heterocycles. The van der Waals surface area contributed by atoms with E-state index >= 15 is 0 Å². The van der Waals surface area contributed by atoms with Gasteiger partial charge in [0.15, 0.2) is 6.19 Å². The number of nitrogens with zero attached hydrogens (tertiary/aromatic N) is 3. The zero-order valence-corrected chi connectivity index (χ0v) is 13.7. The van der Waals surface area contributed by atoms with Crippen LogP contribution in [0.3, 0.4) is 0 Å². The summed E-state index contributed by atoms with van der Waals surface area (Å²) in [5.41, 5.74) is 2.92. The molecule has 2 heterocycles. The smallest absolute Gasteiger partial charge is 0.182 e. The van der Waals surface area contributed by atoms with Gasteiger partial charge in [-0.15, -0.1) is 11.3 Å². The highest BCUT2D eigenvalue weighted by atomic mass is 32.1. The average Bonchev–Trinajstić information content (AvgIpc) is 2.97. The van der Waals surface area contributed by atoms with Crippen molar-refractivity contribution in [3.8, 4) is 11.9 Å². The molecule has 0 fully saturated rings. The fourth-order valence-corrected chi connectivity index (χ4v) is 3.05. The molecule has 3 rings (SSSR count). The second kappa shape index (κ2) is 6.94. The van der Waals surface area contributed by atoms with Crippen LogP contribution in [0.25, 0.3) is 21.9 Å². The van der Waals surface area contributed by atoms with Crippen LogP contribution in [-0.4, -0.2) is 15.1 Å². The number of anilines is 1. The van der Waals surface area contributed by atoms with Crippen molar-refractivity contribution in [3.63, 3.8) is 0 Å². The van der Waals surface area contributed by atoms with Crippen LogP contribution in [0.1, 0.15) is 17.5 Å². The average molecular weight is 334 g/mol. The minimum Gasteiger partial charge on any atom is -0.508 e. The molecule has 0 radical (unpaired) electrons. The summed E-state index contributed by atoms with van der Waals surface area (Å²) in [6.45, 7) is 2.00. The Morgan fingerprint density at radius 3 is 2.96 bits per heavy atom. The van der Waals surface area contributed by atoms with E-state index in [4.69, 9.17) is 5.26 Å². The van der Waals surface area contributed by atoms with E-state index in [1.54, 1.807) is 24.4 Å². The van der Waals surface area contributed by atoms with Gasteiger partial charge in [-0.2, -0.15) is 5.26 Å². The first kappa shape index (κ1) is 15.7. The number of phenols is 1. The molecule has 2 aromatic heterocycles. The van der Waals surface area contributed by atoms with Crippen molar-refractivity contribution < 1.29 is 5.11 Å². The Labute approximate surface area is 143 Å². The van der Waals surface area contributed by atoms with Crippen LogP contribution in [0.2, 0.25) is 0 Å². The summed E-state index contributed by atoms with van der Waals surface area (Å²) >= 11 is 1.53. The summed E-state index contributed by atoms with van der Waals surface area (Å²) in [4.78, 5) is 8.66. The number of nitrogens with one attached hydrogen (secondary N) is 1. The number of thiazole rings is 1. The summed E-state index contributed by atoms with van der Waals surface area (Å²) in [5, 5.41) is 21.4. The lowest BCUT2D eigenvalue weighted by molar-refractivity contribution is 0.476. The van der Waals surface area contributed by atoms with Crippen molar-refractivity contribution in [2.24, 2.45) is 0 Å². The summed E-state index contributed by atoms with van der Waals surface area (Å²) < 4.78 is 0.958. The van der Waals surface area contributed by atoms with E-state index in [0.29, 0.717) is 5.82 Å². The first-order valence-electron chi connectivity index (χ1n) is 7.22. The zero-order valence-electron chi connectivity index (χ0n) is 12.9. The predicted octanol–water partition coefficient (Wildman–Crippen LogP) is 4.41. The molecular formula is C18H14N4OS. The van der Waals surface area contributed by atoms with Gasteiger partial charge in [0.2, 0.25) is 0 Å². The molecule has 2 N–H and O–H groups in total. The zero-order chi connectivity index (χ0) is 16.9. The topological polar surface area (TPSA) is 81.8 Å². The summed E-state index contributed by atoms with van der Waals surface area (Å²) in [6.07, 6.45) is 9.42. The molecule has 5 nitrogen and oxygen atoms in total. The third-order valence-electron chi connectivity index (χ3n) is 3.38. The normalized spacial score (nSPS) is 11.8. The van der Waals surface area contributed by atoms with Crippen molar-refractivity contribution in [2.75, 3.05) is 5.32 Å². The molecule has 1 aromatic carbocycles. The van der Waals surface area contributed by atoms with Gasteiger partial charge in [0.25, 0.3) is 0 Å². The van der Waals surface area contributed by atoms with E-state index in [-0.39, 0.29) is 5.75 Å². The third-order valence-corrected chi connectivity index (χ3v) is 4.36. The number of aromatic hydroxyl groups is 1. The maximum Gasteiger partial charge on any atom is 0.182 e. The second-order valence-corrected chi connectivity index (χ2v) is 6.14. The lowest BCUT2D eigenvalue weighted by Crippen LogP contribution is -1.91. The molecule has 0 aliphatic carbocycles. The predicted molar refractivity (Wildman–Crippen MR) is 97.4 cm³/mol. The largest absolute Gasteiger partial charge is 0.508 e. The second-order valence-electron chi connectivity index (χ2n) is 5.08. The van der Waals surface area contributed by atoms with Gasteiger partial charge in [-0.25, -0.2) is 9.97 Å². The number of hydrogen-bond donors (Lipinski definition) is 2. The standard InChI is InChI=1S/C18H14N4OS/c1-12(13-5-8-17(20-10-13)21-11-19)3-2-4-18-22-15-7-6-14(23)9-16(15)24-18/h2-10,23H,1H3,(H,20,21)/b4-2+,12-3+. The fourth-order valence-electron chi connectivity index (χ4n) is 2.13. The minimum atomic E-state index is 0.249. The number of aromatic nitrogens is 2. The van der Waals surface area contributed by atoms with Gasteiger partial charge in [-0.3, -0.25) is 5.32 Å². The Morgan fingerprint density at radius 2 is 2.21 bits per heavy atom. The quantitative estimate of drug-likeness (QED) is 0.420. The Kier molecular flexibility index (Phi) is 4.54. The van der Waals surface area contributed by atoms with Gasteiger partial charge in [0, 0.05) is 6.20 Å². The van der Waals surface area contributed by atoms with E-state index in [1.165, 1.54) is 11.3 Å². The molecule has 0 spiro atoms. The maximum atomic E-state index is 9.49. The Balaban J connectivity index is 1.75. The first-order chi connectivity index (χ1) is 11.7.